The fourth-order valence-electron chi connectivity index (χ4n) is 3.94. The molecule has 0 amide bonds. The number of hydrogen-bond acceptors (Lipinski definition) is 6. The highest BCUT2D eigenvalue weighted by molar-refractivity contribution is 5.66. The highest BCUT2D eigenvalue weighted by Gasteiger charge is 2.09. The second kappa shape index (κ2) is 12.9. The van der Waals surface area contributed by atoms with E-state index in [0.29, 0.717) is 18.9 Å². The lowest BCUT2D eigenvalue weighted by molar-refractivity contribution is 0.0931. The number of nitrogens with zero attached hydrogens (tertiary/aromatic N) is 3. The van der Waals surface area contributed by atoms with E-state index >= 15 is 0 Å². The minimum Gasteiger partial charge on any atom is -0.487 e. The summed E-state index contributed by atoms with van der Waals surface area (Å²) in [6.45, 7) is 3.00. The molecule has 2 aromatic heterocycles. The molecule has 0 aliphatic carbocycles. The number of benzene rings is 2. The van der Waals surface area contributed by atoms with Crippen LogP contribution in [-0.2, 0) is 26.0 Å². The molecule has 7 nitrogen and oxygen atoms in total. The molecule has 36 heavy (non-hydrogen) atoms. The fourth-order valence-corrected chi connectivity index (χ4v) is 3.94. The highest BCUT2D eigenvalue weighted by atomic mass is 16.5. The van der Waals surface area contributed by atoms with Gasteiger partial charge in [0.2, 0.25) is 5.89 Å². The average molecular weight is 488 g/mol. The van der Waals surface area contributed by atoms with E-state index in [1.54, 1.807) is 12.5 Å². The van der Waals surface area contributed by atoms with E-state index in [-0.39, 0.29) is 6.61 Å². The van der Waals surface area contributed by atoms with Crippen LogP contribution in [0, 0.1) is 6.92 Å². The molecule has 0 aliphatic rings. The first-order valence-corrected chi connectivity index (χ1v) is 12.3. The van der Waals surface area contributed by atoms with Gasteiger partial charge in [0.25, 0.3) is 0 Å². The summed E-state index contributed by atoms with van der Waals surface area (Å²) in [6.07, 6.45) is 11.7. The Hall–Kier alpha value is -3.68. The van der Waals surface area contributed by atoms with Gasteiger partial charge in [0.1, 0.15) is 30.1 Å². The van der Waals surface area contributed by atoms with Crippen LogP contribution in [0.15, 0.2) is 71.6 Å². The Kier molecular flexibility index (Phi) is 9.08. The van der Waals surface area contributed by atoms with Gasteiger partial charge in [0.15, 0.2) is 0 Å². The quantitative estimate of drug-likeness (QED) is 0.262. The Morgan fingerprint density at radius 2 is 1.97 bits per heavy atom. The Bertz CT molecular complexity index is 1240. The molecule has 4 aromatic rings. The lowest BCUT2D eigenvalue weighted by Crippen LogP contribution is -2.18. The van der Waals surface area contributed by atoms with E-state index in [9.17, 15) is 5.11 Å². The van der Waals surface area contributed by atoms with Crippen LogP contribution in [0.25, 0.3) is 12.2 Å². The van der Waals surface area contributed by atoms with E-state index in [1.807, 2.05) is 47.2 Å². The molecule has 0 radical (unpaired) electrons. The SMILES string of the molecule is Cc1cccc(C=Cc2nc(COc3ccc(CCCCn4ccnc4CC(O)CO)cc3)co2)c1. The van der Waals surface area contributed by atoms with Crippen LogP contribution in [0.3, 0.4) is 0 Å². The lowest BCUT2D eigenvalue weighted by Gasteiger charge is -2.10. The van der Waals surface area contributed by atoms with E-state index in [4.69, 9.17) is 14.3 Å². The number of unbranched alkanes of at least 4 members (excludes halogenated alkanes) is 1. The van der Waals surface area contributed by atoms with Crippen molar-refractivity contribution in [3.63, 3.8) is 0 Å². The summed E-state index contributed by atoms with van der Waals surface area (Å²) in [4.78, 5) is 8.75. The Labute approximate surface area is 211 Å². The number of aliphatic hydroxyl groups is 2. The van der Waals surface area contributed by atoms with Gasteiger partial charge in [-0.15, -0.1) is 0 Å². The maximum Gasteiger partial charge on any atom is 0.218 e. The van der Waals surface area contributed by atoms with Gasteiger partial charge in [-0.05, 0) is 55.5 Å². The number of imidazole rings is 1. The van der Waals surface area contributed by atoms with Crippen molar-refractivity contribution >= 4 is 12.2 Å². The molecule has 0 saturated carbocycles. The van der Waals surface area contributed by atoms with Crippen molar-refractivity contribution in [3.8, 4) is 5.75 Å². The van der Waals surface area contributed by atoms with Crippen LogP contribution in [0.1, 0.15) is 46.9 Å². The molecule has 2 heterocycles. The predicted molar refractivity (Wildman–Crippen MR) is 139 cm³/mol. The van der Waals surface area contributed by atoms with Crippen LogP contribution in [-0.4, -0.2) is 37.5 Å². The summed E-state index contributed by atoms with van der Waals surface area (Å²) < 4.78 is 13.4. The molecular weight excluding hydrogens is 454 g/mol. The van der Waals surface area contributed by atoms with E-state index in [0.717, 1.165) is 48.6 Å². The third-order valence-electron chi connectivity index (χ3n) is 5.89. The van der Waals surface area contributed by atoms with E-state index < -0.39 is 6.10 Å². The molecule has 0 spiro atoms. The standard InChI is InChI=1S/C29H33N3O4/c1-22-5-4-7-24(17-22)10-13-29-31-25(21-36-29)20-35-27-11-8-23(9-12-27)6-2-3-15-32-16-14-30-28(32)18-26(34)19-33/h4-5,7-14,16-17,21,26,33-34H,2-3,6,15,18-20H2,1H3. The first kappa shape index (κ1) is 25.4. The summed E-state index contributed by atoms with van der Waals surface area (Å²) in [7, 11) is 0. The van der Waals surface area contributed by atoms with Crippen molar-refractivity contribution in [1.82, 2.24) is 14.5 Å². The molecule has 0 fully saturated rings. The third-order valence-corrected chi connectivity index (χ3v) is 5.89. The van der Waals surface area contributed by atoms with Gasteiger partial charge in [-0.25, -0.2) is 9.97 Å². The first-order valence-electron chi connectivity index (χ1n) is 12.3. The molecule has 2 N–H and O–H groups in total. The Morgan fingerprint density at radius 1 is 1.11 bits per heavy atom. The van der Waals surface area contributed by atoms with Crippen molar-refractivity contribution in [3.05, 3.63) is 101 Å². The Balaban J connectivity index is 1.18. The molecule has 1 unspecified atom stereocenters. The number of aryl methyl sites for hydroxylation is 3. The van der Waals surface area contributed by atoms with Crippen LogP contribution < -0.4 is 4.74 Å². The second-order valence-corrected chi connectivity index (χ2v) is 8.89. The smallest absolute Gasteiger partial charge is 0.218 e. The van der Waals surface area contributed by atoms with Crippen molar-refractivity contribution in [2.45, 2.75) is 51.9 Å². The van der Waals surface area contributed by atoms with Gasteiger partial charge in [0.05, 0.1) is 12.7 Å². The van der Waals surface area contributed by atoms with Crippen LogP contribution in [0.5, 0.6) is 5.75 Å². The minimum absolute atomic E-state index is 0.252. The monoisotopic (exact) mass is 487 g/mol. The van der Waals surface area contributed by atoms with Crippen LogP contribution in [0.2, 0.25) is 0 Å². The molecule has 0 aliphatic heterocycles. The average Bonchev–Trinajstić information content (AvgIpc) is 3.54. The van der Waals surface area contributed by atoms with Crippen LogP contribution in [0.4, 0.5) is 0 Å². The molecule has 7 heteroatoms. The maximum absolute atomic E-state index is 9.65. The second-order valence-electron chi connectivity index (χ2n) is 8.89. The third kappa shape index (κ3) is 7.66. The zero-order chi connectivity index (χ0) is 25.2. The normalized spacial score (nSPS) is 12.3. The van der Waals surface area contributed by atoms with E-state index in [1.165, 1.54) is 11.1 Å². The topological polar surface area (TPSA) is 93.5 Å². The predicted octanol–water partition coefficient (Wildman–Crippen LogP) is 4.85. The van der Waals surface area contributed by atoms with E-state index in [2.05, 4.69) is 41.2 Å². The number of aliphatic hydroxyl groups excluding tert-OH is 2. The maximum atomic E-state index is 9.65. The fraction of sp³-hybridized carbons (Fsp3) is 0.310. The van der Waals surface area contributed by atoms with Crippen molar-refractivity contribution in [2.75, 3.05) is 6.61 Å². The Morgan fingerprint density at radius 3 is 2.78 bits per heavy atom. The molecule has 4 rings (SSSR count). The number of aromatic nitrogens is 3. The molecule has 0 bridgehead atoms. The van der Waals surface area contributed by atoms with Crippen molar-refractivity contribution < 1.29 is 19.4 Å². The lowest BCUT2D eigenvalue weighted by atomic mass is 10.1. The van der Waals surface area contributed by atoms with Crippen LogP contribution >= 0.6 is 0 Å². The van der Waals surface area contributed by atoms with Crippen molar-refractivity contribution in [1.29, 1.82) is 0 Å². The molecular formula is C29H33N3O4. The number of rotatable bonds is 13. The molecule has 2 aromatic carbocycles. The van der Waals surface area contributed by atoms with Gasteiger partial charge in [-0.3, -0.25) is 0 Å². The van der Waals surface area contributed by atoms with Gasteiger partial charge in [-0.1, -0.05) is 42.0 Å². The summed E-state index contributed by atoms with van der Waals surface area (Å²) in [5.74, 6) is 2.15. The molecule has 188 valence electrons. The summed E-state index contributed by atoms with van der Waals surface area (Å²) >= 11 is 0. The van der Waals surface area contributed by atoms with Gasteiger partial charge in [-0.2, -0.15) is 0 Å². The van der Waals surface area contributed by atoms with Gasteiger partial charge < -0.3 is 23.9 Å². The molecule has 1 atom stereocenters. The van der Waals surface area contributed by atoms with Gasteiger partial charge in [0, 0.05) is 31.4 Å². The number of ether oxygens (including phenoxy) is 1. The summed E-state index contributed by atoms with van der Waals surface area (Å²) in [5, 5.41) is 18.7. The summed E-state index contributed by atoms with van der Waals surface area (Å²) in [5.41, 5.74) is 4.32. The minimum atomic E-state index is -0.765. The number of oxazole rings is 1. The number of hydrogen-bond donors (Lipinski definition) is 2. The zero-order valence-electron chi connectivity index (χ0n) is 20.6. The summed E-state index contributed by atoms with van der Waals surface area (Å²) in [6, 6.07) is 16.4. The first-order chi connectivity index (χ1) is 17.6. The molecule has 0 saturated heterocycles. The van der Waals surface area contributed by atoms with Crippen molar-refractivity contribution in [2.24, 2.45) is 0 Å². The highest BCUT2D eigenvalue weighted by Crippen LogP contribution is 2.17. The van der Waals surface area contributed by atoms with Gasteiger partial charge >= 0.3 is 0 Å². The zero-order valence-corrected chi connectivity index (χ0v) is 20.6. The largest absolute Gasteiger partial charge is 0.487 e.